The average molecular weight is 175 g/mol. The highest BCUT2D eigenvalue weighted by molar-refractivity contribution is 6.03. The van der Waals surface area contributed by atoms with Crippen molar-refractivity contribution in [3.05, 3.63) is 47.4 Å². The van der Waals surface area contributed by atoms with Crippen LogP contribution in [-0.2, 0) is 0 Å². The molecule has 2 heteroatoms. The van der Waals surface area contributed by atoms with Crippen LogP contribution in [0.3, 0.4) is 0 Å². The van der Waals surface area contributed by atoms with Crippen LogP contribution in [0.25, 0.3) is 0 Å². The summed E-state index contributed by atoms with van der Waals surface area (Å²) in [6, 6.07) is 5.10. The van der Waals surface area contributed by atoms with Gasteiger partial charge in [0.2, 0.25) is 0 Å². The fraction of sp³-hybridized carbons (Fsp3) is 0.182. The molecule has 0 spiro atoms. The number of aliphatic imine (C=N–C) groups is 1. The maximum atomic E-state index is 12.9. The van der Waals surface area contributed by atoms with Crippen LogP contribution >= 0.6 is 0 Å². The van der Waals surface area contributed by atoms with Crippen LogP contribution in [0, 0.1) is 12.7 Å². The van der Waals surface area contributed by atoms with Crippen molar-refractivity contribution in [2.24, 2.45) is 4.99 Å². The lowest BCUT2D eigenvalue weighted by Crippen LogP contribution is -1.97. The number of aryl methyl sites for hydroxylation is 1. The van der Waals surface area contributed by atoms with E-state index in [9.17, 15) is 4.39 Å². The van der Waals surface area contributed by atoms with Crippen molar-refractivity contribution >= 4 is 5.71 Å². The van der Waals surface area contributed by atoms with Crippen LogP contribution in [0.1, 0.15) is 17.5 Å². The van der Waals surface area contributed by atoms with Gasteiger partial charge in [0.25, 0.3) is 0 Å². The number of hydrogen-bond acceptors (Lipinski definition) is 1. The maximum absolute atomic E-state index is 12.9. The van der Waals surface area contributed by atoms with Gasteiger partial charge in [-0.1, -0.05) is 12.1 Å². The predicted molar refractivity (Wildman–Crippen MR) is 51.4 cm³/mol. The second-order valence-corrected chi connectivity index (χ2v) is 3.13. The van der Waals surface area contributed by atoms with E-state index in [1.165, 1.54) is 6.07 Å². The van der Waals surface area contributed by atoms with Crippen molar-refractivity contribution in [2.45, 2.75) is 13.3 Å². The first kappa shape index (κ1) is 8.17. The van der Waals surface area contributed by atoms with Crippen LogP contribution in [0.2, 0.25) is 0 Å². The van der Waals surface area contributed by atoms with Gasteiger partial charge < -0.3 is 0 Å². The van der Waals surface area contributed by atoms with Gasteiger partial charge in [-0.3, -0.25) is 4.99 Å². The van der Waals surface area contributed by atoms with E-state index in [-0.39, 0.29) is 5.82 Å². The molecule has 0 unspecified atom stereocenters. The Morgan fingerprint density at radius 2 is 2.23 bits per heavy atom. The van der Waals surface area contributed by atoms with Gasteiger partial charge in [0.1, 0.15) is 5.82 Å². The third kappa shape index (κ3) is 1.52. The van der Waals surface area contributed by atoms with Crippen molar-refractivity contribution in [2.75, 3.05) is 0 Å². The zero-order valence-corrected chi connectivity index (χ0v) is 7.42. The smallest absolute Gasteiger partial charge is 0.126 e. The normalized spacial score (nSPS) is 14.8. The Bertz CT molecular complexity index is 391. The Hall–Kier alpha value is -1.44. The molecular formula is C11H10FN. The van der Waals surface area contributed by atoms with Crippen molar-refractivity contribution < 1.29 is 4.39 Å². The molecule has 0 amide bonds. The maximum Gasteiger partial charge on any atom is 0.126 e. The molecule has 13 heavy (non-hydrogen) atoms. The first-order chi connectivity index (χ1) is 6.27. The molecule has 0 radical (unpaired) electrons. The summed E-state index contributed by atoms with van der Waals surface area (Å²) in [6.07, 6.45) is 4.63. The fourth-order valence-corrected chi connectivity index (χ4v) is 1.38. The van der Waals surface area contributed by atoms with Crippen LogP contribution in [0.4, 0.5) is 4.39 Å². The summed E-state index contributed by atoms with van der Waals surface area (Å²) < 4.78 is 12.9. The Morgan fingerprint density at radius 3 is 2.85 bits per heavy atom. The van der Waals surface area contributed by atoms with Gasteiger partial charge in [0.05, 0.1) is 5.71 Å². The Kier molecular flexibility index (Phi) is 1.97. The van der Waals surface area contributed by atoms with E-state index in [1.54, 1.807) is 19.2 Å². The Labute approximate surface area is 76.6 Å². The third-order valence-electron chi connectivity index (χ3n) is 2.14. The number of halogens is 1. The van der Waals surface area contributed by atoms with Gasteiger partial charge in [-0.25, -0.2) is 4.39 Å². The van der Waals surface area contributed by atoms with Gasteiger partial charge >= 0.3 is 0 Å². The topological polar surface area (TPSA) is 12.4 Å². The molecule has 0 N–H and O–H groups in total. The molecule has 2 rings (SSSR count). The molecular weight excluding hydrogens is 165 g/mol. The Balaban J connectivity index is 2.37. The summed E-state index contributed by atoms with van der Waals surface area (Å²) in [5.41, 5.74) is 2.71. The minimum absolute atomic E-state index is 0.157. The molecule has 1 aliphatic rings. The monoisotopic (exact) mass is 175 g/mol. The van der Waals surface area contributed by atoms with E-state index < -0.39 is 0 Å². The molecule has 0 bridgehead atoms. The highest BCUT2D eigenvalue weighted by atomic mass is 19.1. The van der Waals surface area contributed by atoms with Gasteiger partial charge in [-0.15, -0.1) is 0 Å². The summed E-state index contributed by atoms with van der Waals surface area (Å²) in [7, 11) is 0. The SMILES string of the molecule is Cc1cc(C2=NC=CC2)ccc1F. The summed E-state index contributed by atoms with van der Waals surface area (Å²) in [4.78, 5) is 4.19. The number of rotatable bonds is 1. The fourth-order valence-electron chi connectivity index (χ4n) is 1.38. The molecule has 0 saturated heterocycles. The summed E-state index contributed by atoms with van der Waals surface area (Å²) in [5, 5.41) is 0. The van der Waals surface area contributed by atoms with Gasteiger partial charge in [-0.2, -0.15) is 0 Å². The number of hydrogen-bond donors (Lipinski definition) is 0. The summed E-state index contributed by atoms with van der Waals surface area (Å²) in [5.74, 6) is -0.157. The Morgan fingerprint density at radius 1 is 1.38 bits per heavy atom. The summed E-state index contributed by atoms with van der Waals surface area (Å²) in [6.45, 7) is 1.77. The highest BCUT2D eigenvalue weighted by Crippen LogP contribution is 2.14. The molecule has 0 atom stereocenters. The molecule has 1 heterocycles. The molecule has 0 aromatic heterocycles. The van der Waals surface area contributed by atoms with E-state index in [1.807, 2.05) is 12.1 Å². The average Bonchev–Trinajstić information content (AvgIpc) is 2.62. The van der Waals surface area contributed by atoms with E-state index in [2.05, 4.69) is 4.99 Å². The predicted octanol–water partition coefficient (Wildman–Crippen LogP) is 2.84. The lowest BCUT2D eigenvalue weighted by Gasteiger charge is -2.02. The van der Waals surface area contributed by atoms with Gasteiger partial charge in [0, 0.05) is 12.6 Å². The molecule has 0 aliphatic carbocycles. The van der Waals surface area contributed by atoms with Crippen molar-refractivity contribution in [1.82, 2.24) is 0 Å². The molecule has 0 saturated carbocycles. The van der Waals surface area contributed by atoms with Crippen LogP contribution in [-0.4, -0.2) is 5.71 Å². The van der Waals surface area contributed by atoms with Crippen molar-refractivity contribution in [1.29, 1.82) is 0 Å². The molecule has 1 nitrogen and oxygen atoms in total. The largest absolute Gasteiger partial charge is 0.261 e. The first-order valence-electron chi connectivity index (χ1n) is 4.25. The van der Waals surface area contributed by atoms with E-state index in [4.69, 9.17) is 0 Å². The second-order valence-electron chi connectivity index (χ2n) is 3.13. The van der Waals surface area contributed by atoms with Crippen LogP contribution in [0.15, 0.2) is 35.5 Å². The quantitative estimate of drug-likeness (QED) is 0.622. The lowest BCUT2D eigenvalue weighted by molar-refractivity contribution is 0.618. The minimum Gasteiger partial charge on any atom is -0.261 e. The molecule has 1 aromatic rings. The van der Waals surface area contributed by atoms with E-state index in [0.717, 1.165) is 17.7 Å². The van der Waals surface area contributed by atoms with Crippen molar-refractivity contribution in [3.8, 4) is 0 Å². The standard InChI is InChI=1S/C11H10FN/c1-8-7-9(4-5-10(8)12)11-3-2-6-13-11/h2,4-7H,3H2,1H3. The van der Waals surface area contributed by atoms with Gasteiger partial charge in [-0.05, 0) is 30.2 Å². The third-order valence-corrected chi connectivity index (χ3v) is 2.14. The highest BCUT2D eigenvalue weighted by Gasteiger charge is 2.06. The van der Waals surface area contributed by atoms with Crippen LogP contribution in [0.5, 0.6) is 0 Å². The van der Waals surface area contributed by atoms with E-state index >= 15 is 0 Å². The zero-order valence-electron chi connectivity index (χ0n) is 7.42. The second kappa shape index (κ2) is 3.13. The van der Waals surface area contributed by atoms with Crippen molar-refractivity contribution in [3.63, 3.8) is 0 Å². The van der Waals surface area contributed by atoms with Gasteiger partial charge in [0.15, 0.2) is 0 Å². The molecule has 0 fully saturated rings. The number of benzene rings is 1. The zero-order chi connectivity index (χ0) is 9.26. The van der Waals surface area contributed by atoms with Crippen LogP contribution < -0.4 is 0 Å². The number of nitrogens with zero attached hydrogens (tertiary/aromatic N) is 1. The first-order valence-corrected chi connectivity index (χ1v) is 4.25. The molecule has 66 valence electrons. The van der Waals surface area contributed by atoms with E-state index in [0.29, 0.717) is 5.56 Å². The minimum atomic E-state index is -0.157. The number of allylic oxidation sites excluding steroid dienone is 1. The molecule has 1 aliphatic heterocycles. The summed E-state index contributed by atoms with van der Waals surface area (Å²) >= 11 is 0. The molecule has 1 aromatic carbocycles. The lowest BCUT2D eigenvalue weighted by atomic mass is 10.1.